The van der Waals surface area contributed by atoms with Crippen molar-refractivity contribution in [3.05, 3.63) is 23.8 Å². The van der Waals surface area contributed by atoms with E-state index in [1.807, 2.05) is 39.0 Å². The summed E-state index contributed by atoms with van der Waals surface area (Å²) in [6, 6.07) is 6.03. The Balaban J connectivity index is 2.88. The molecule has 104 valence electrons. The molecule has 0 aliphatic carbocycles. The van der Waals surface area contributed by atoms with Gasteiger partial charge in [-0.05, 0) is 38.8 Å². The van der Waals surface area contributed by atoms with Gasteiger partial charge in [0.25, 0.3) is 0 Å². The van der Waals surface area contributed by atoms with Crippen LogP contribution in [0.2, 0.25) is 0 Å². The summed E-state index contributed by atoms with van der Waals surface area (Å²) in [5.41, 5.74) is 6.96. The quantitative estimate of drug-likeness (QED) is 0.606. The summed E-state index contributed by atoms with van der Waals surface area (Å²) in [6.45, 7) is 6.96. The van der Waals surface area contributed by atoms with Crippen molar-refractivity contribution in [1.82, 2.24) is 0 Å². The van der Waals surface area contributed by atoms with Crippen LogP contribution in [0.4, 0.5) is 0 Å². The maximum absolute atomic E-state index is 5.87. The van der Waals surface area contributed by atoms with E-state index >= 15 is 0 Å². The smallest absolute Gasteiger partial charge is 0.164 e. The average Bonchev–Trinajstić information content (AvgIpc) is 2.37. The lowest BCUT2D eigenvalue weighted by Gasteiger charge is -2.16. The lowest BCUT2D eigenvalue weighted by molar-refractivity contribution is 0.279. The van der Waals surface area contributed by atoms with Crippen LogP contribution in [0.5, 0.6) is 11.5 Å². The minimum absolute atomic E-state index is 0.0923. The molecule has 0 saturated carbocycles. The van der Waals surface area contributed by atoms with Crippen molar-refractivity contribution in [3.63, 3.8) is 0 Å². The second kappa shape index (κ2) is 8.44. The number of rotatable bonds is 7. The van der Waals surface area contributed by atoms with Gasteiger partial charge in [-0.2, -0.15) is 0 Å². The van der Waals surface area contributed by atoms with E-state index in [1.165, 1.54) is 0 Å². The van der Waals surface area contributed by atoms with Gasteiger partial charge < -0.3 is 15.2 Å². The molecule has 0 aliphatic rings. The zero-order valence-electron chi connectivity index (χ0n) is 12.0. The molecular weight excluding hydrogens is 238 g/mol. The van der Waals surface area contributed by atoms with Crippen LogP contribution in [0.25, 0.3) is 0 Å². The fraction of sp³-hybridized carbons (Fsp3) is 0.500. The molecule has 0 radical (unpaired) electrons. The van der Waals surface area contributed by atoms with Crippen LogP contribution in [-0.4, -0.2) is 19.3 Å². The zero-order valence-corrected chi connectivity index (χ0v) is 12.0. The first kappa shape index (κ1) is 15.4. The summed E-state index contributed by atoms with van der Waals surface area (Å²) < 4.78 is 11.5. The Hall–Kier alpha value is -1.66. The molecular formula is C16H23NO2. The topological polar surface area (TPSA) is 44.5 Å². The van der Waals surface area contributed by atoms with Crippen molar-refractivity contribution in [2.75, 3.05) is 13.2 Å². The van der Waals surface area contributed by atoms with Gasteiger partial charge in [0.2, 0.25) is 0 Å². The first-order valence-corrected chi connectivity index (χ1v) is 6.71. The van der Waals surface area contributed by atoms with Crippen LogP contribution in [0.15, 0.2) is 18.2 Å². The Bertz CT molecular complexity index is 444. The van der Waals surface area contributed by atoms with Crippen LogP contribution in [-0.2, 0) is 6.42 Å². The zero-order chi connectivity index (χ0) is 14.1. The molecule has 0 spiro atoms. The summed E-state index contributed by atoms with van der Waals surface area (Å²) in [6.07, 6.45) is 1.49. The molecule has 0 fully saturated rings. The molecule has 0 saturated heterocycles. The minimum Gasteiger partial charge on any atom is -0.490 e. The van der Waals surface area contributed by atoms with E-state index in [0.29, 0.717) is 19.6 Å². The summed E-state index contributed by atoms with van der Waals surface area (Å²) in [5.74, 6) is 7.44. The third kappa shape index (κ3) is 5.23. The highest BCUT2D eigenvalue weighted by molar-refractivity contribution is 5.47. The SMILES string of the molecule is CC#CCCOc1c(CC(C)N)cccc1OCC. The van der Waals surface area contributed by atoms with Gasteiger partial charge >= 0.3 is 0 Å². The molecule has 2 N–H and O–H groups in total. The van der Waals surface area contributed by atoms with Crippen molar-refractivity contribution >= 4 is 0 Å². The standard InChI is InChI=1S/C16H23NO2/c1-4-6-7-11-19-16-14(12-13(3)17)9-8-10-15(16)18-5-2/h8-10,13H,5,7,11-12,17H2,1-3H3. The average molecular weight is 261 g/mol. The van der Waals surface area contributed by atoms with Crippen LogP contribution >= 0.6 is 0 Å². The van der Waals surface area contributed by atoms with Crippen molar-refractivity contribution in [2.45, 2.75) is 39.7 Å². The monoisotopic (exact) mass is 261 g/mol. The van der Waals surface area contributed by atoms with Gasteiger partial charge in [0.15, 0.2) is 11.5 Å². The van der Waals surface area contributed by atoms with Gasteiger partial charge in [0, 0.05) is 12.5 Å². The Morgan fingerprint density at radius 1 is 1.32 bits per heavy atom. The molecule has 0 aromatic heterocycles. The molecule has 0 aliphatic heterocycles. The maximum Gasteiger partial charge on any atom is 0.164 e. The lowest BCUT2D eigenvalue weighted by Crippen LogP contribution is -2.18. The molecule has 0 amide bonds. The van der Waals surface area contributed by atoms with Gasteiger partial charge in [-0.3, -0.25) is 0 Å². The minimum atomic E-state index is 0.0923. The van der Waals surface area contributed by atoms with Gasteiger partial charge in [0.05, 0.1) is 13.2 Å². The van der Waals surface area contributed by atoms with E-state index in [2.05, 4.69) is 11.8 Å². The van der Waals surface area contributed by atoms with Crippen molar-refractivity contribution in [1.29, 1.82) is 0 Å². The molecule has 1 unspecified atom stereocenters. The van der Waals surface area contributed by atoms with E-state index in [4.69, 9.17) is 15.2 Å². The van der Waals surface area contributed by atoms with Gasteiger partial charge in [0.1, 0.15) is 0 Å². The molecule has 0 bridgehead atoms. The van der Waals surface area contributed by atoms with Crippen molar-refractivity contribution in [2.24, 2.45) is 5.73 Å². The van der Waals surface area contributed by atoms with E-state index < -0.39 is 0 Å². The molecule has 1 rings (SSSR count). The molecule has 1 aromatic carbocycles. The molecule has 0 heterocycles. The highest BCUT2D eigenvalue weighted by Gasteiger charge is 2.12. The third-order valence-corrected chi connectivity index (χ3v) is 2.55. The summed E-state index contributed by atoms with van der Waals surface area (Å²) in [4.78, 5) is 0. The largest absolute Gasteiger partial charge is 0.490 e. The number of para-hydroxylation sites is 1. The number of ether oxygens (including phenoxy) is 2. The highest BCUT2D eigenvalue weighted by atomic mass is 16.5. The summed E-state index contributed by atoms with van der Waals surface area (Å²) in [7, 11) is 0. The predicted molar refractivity (Wildman–Crippen MR) is 78.5 cm³/mol. The van der Waals surface area contributed by atoms with Crippen LogP contribution in [0.3, 0.4) is 0 Å². The predicted octanol–water partition coefficient (Wildman–Crippen LogP) is 2.77. The Morgan fingerprint density at radius 3 is 2.74 bits per heavy atom. The molecule has 1 aromatic rings. The van der Waals surface area contributed by atoms with Crippen molar-refractivity contribution < 1.29 is 9.47 Å². The Morgan fingerprint density at radius 2 is 2.11 bits per heavy atom. The molecule has 1 atom stereocenters. The Labute approximate surface area is 116 Å². The molecule has 3 nitrogen and oxygen atoms in total. The van der Waals surface area contributed by atoms with Gasteiger partial charge in [-0.1, -0.05) is 12.1 Å². The summed E-state index contributed by atoms with van der Waals surface area (Å²) >= 11 is 0. The number of hydrogen-bond donors (Lipinski definition) is 1. The van der Waals surface area contributed by atoms with Crippen molar-refractivity contribution in [3.8, 4) is 23.3 Å². The lowest BCUT2D eigenvalue weighted by atomic mass is 10.1. The molecule has 3 heteroatoms. The number of hydrogen-bond acceptors (Lipinski definition) is 3. The van der Waals surface area contributed by atoms with E-state index in [1.54, 1.807) is 0 Å². The Kier molecular flexibility index (Phi) is 6.84. The first-order valence-electron chi connectivity index (χ1n) is 6.71. The normalized spacial score (nSPS) is 11.4. The van der Waals surface area contributed by atoms with E-state index in [-0.39, 0.29) is 6.04 Å². The second-order valence-electron chi connectivity index (χ2n) is 4.38. The number of nitrogens with two attached hydrogens (primary N) is 1. The number of benzene rings is 1. The third-order valence-electron chi connectivity index (χ3n) is 2.55. The highest BCUT2D eigenvalue weighted by Crippen LogP contribution is 2.32. The van der Waals surface area contributed by atoms with E-state index in [0.717, 1.165) is 23.5 Å². The maximum atomic E-state index is 5.87. The van der Waals surface area contributed by atoms with Gasteiger partial charge in [-0.25, -0.2) is 0 Å². The van der Waals surface area contributed by atoms with Crippen LogP contribution in [0.1, 0.15) is 32.8 Å². The fourth-order valence-electron chi connectivity index (χ4n) is 1.83. The molecule has 19 heavy (non-hydrogen) atoms. The van der Waals surface area contributed by atoms with Gasteiger partial charge in [-0.15, -0.1) is 11.8 Å². The van der Waals surface area contributed by atoms with Crippen LogP contribution in [0, 0.1) is 11.8 Å². The van der Waals surface area contributed by atoms with Crippen LogP contribution < -0.4 is 15.2 Å². The van der Waals surface area contributed by atoms with E-state index in [9.17, 15) is 0 Å². The summed E-state index contributed by atoms with van der Waals surface area (Å²) in [5, 5.41) is 0. The second-order valence-corrected chi connectivity index (χ2v) is 4.38. The first-order chi connectivity index (χ1) is 9.19. The fourth-order valence-corrected chi connectivity index (χ4v) is 1.83.